The lowest BCUT2D eigenvalue weighted by Crippen LogP contribution is -2.50. The van der Waals surface area contributed by atoms with Crippen molar-refractivity contribution in [1.82, 2.24) is 29.8 Å². The number of anilines is 2. The second kappa shape index (κ2) is 35.0. The van der Waals surface area contributed by atoms with Crippen molar-refractivity contribution in [3.8, 4) is 11.1 Å². The Kier molecular flexibility index (Phi) is 27.8. The van der Waals surface area contributed by atoms with Crippen LogP contribution in [-0.2, 0) is 53.6 Å². The van der Waals surface area contributed by atoms with Gasteiger partial charge in [-0.15, -0.1) is 37.2 Å². The van der Waals surface area contributed by atoms with Crippen molar-refractivity contribution in [2.75, 3.05) is 110 Å². The minimum Gasteiger partial charge on any atom is -0.446 e. The maximum absolute atomic E-state index is 14.2. The predicted molar refractivity (Wildman–Crippen MR) is 368 cm³/mol. The van der Waals surface area contributed by atoms with Crippen molar-refractivity contribution in [2.45, 2.75) is 99.8 Å². The van der Waals surface area contributed by atoms with E-state index in [-0.39, 0.29) is 106 Å². The molecule has 0 unspecified atom stereocenters. The number of benzene rings is 6. The fraction of sp³-hybridized carbons (Fsp3) is 0.431. The molecule has 6 aromatic carbocycles. The number of carbonyl (C=O) groups excluding carboxylic acids is 5. The molecule has 3 saturated heterocycles. The van der Waals surface area contributed by atoms with Crippen LogP contribution in [-0.4, -0.2) is 166 Å². The van der Waals surface area contributed by atoms with Crippen LogP contribution in [0.1, 0.15) is 106 Å². The third-order valence-corrected chi connectivity index (χ3v) is 18.9. The van der Waals surface area contributed by atoms with E-state index in [4.69, 9.17) is 14.2 Å². The lowest BCUT2D eigenvalue weighted by molar-refractivity contribution is -0.143. The summed E-state index contributed by atoms with van der Waals surface area (Å²) in [6.07, 6.45) is -4.68. The average Bonchev–Trinajstić information content (AvgIpc) is 1.59. The van der Waals surface area contributed by atoms with E-state index >= 15 is 0 Å². The number of hydrogen-bond acceptors (Lipinski definition) is 11. The van der Waals surface area contributed by atoms with Crippen molar-refractivity contribution >= 4 is 78.3 Å². The summed E-state index contributed by atoms with van der Waals surface area (Å²) < 4.78 is 115. The molecule has 4 aliphatic rings. The number of rotatable bonds is 25. The topological polar surface area (TPSA) is 165 Å². The van der Waals surface area contributed by atoms with Gasteiger partial charge in [-0.25, -0.2) is 9.18 Å². The predicted octanol–water partition coefficient (Wildman–Crippen LogP) is 13.5. The van der Waals surface area contributed by atoms with Crippen LogP contribution >= 0.6 is 37.2 Å². The summed E-state index contributed by atoms with van der Waals surface area (Å²) in [6, 6.07) is 39.0. The van der Waals surface area contributed by atoms with Gasteiger partial charge >= 0.3 is 18.4 Å². The number of ether oxygens (including phenoxy) is 3. The zero-order valence-electron chi connectivity index (χ0n) is 54.6. The first-order valence-corrected chi connectivity index (χ1v) is 32.4. The summed E-state index contributed by atoms with van der Waals surface area (Å²) in [7, 11) is 3.50. The van der Waals surface area contributed by atoms with Crippen LogP contribution in [0.2, 0.25) is 0 Å². The zero-order chi connectivity index (χ0) is 67.3. The number of carbonyl (C=O) groups is 5. The van der Waals surface area contributed by atoms with Gasteiger partial charge in [-0.3, -0.25) is 24.5 Å². The summed E-state index contributed by atoms with van der Waals surface area (Å²) in [6.45, 7) is 4.86. The molecule has 0 bridgehead atoms. The molecule has 26 heteroatoms. The number of halogens is 10. The van der Waals surface area contributed by atoms with Gasteiger partial charge in [-0.2, -0.15) is 26.3 Å². The fourth-order valence-corrected chi connectivity index (χ4v) is 13.3. The Morgan fingerprint density at radius 1 is 0.663 bits per heavy atom. The first kappa shape index (κ1) is 77.8. The van der Waals surface area contributed by atoms with E-state index in [0.29, 0.717) is 87.4 Å². The molecule has 3 heterocycles. The molecule has 0 radical (unpaired) electrons. The van der Waals surface area contributed by atoms with Gasteiger partial charge in [0, 0.05) is 101 Å². The van der Waals surface area contributed by atoms with Crippen LogP contribution in [0.15, 0.2) is 146 Å². The molecule has 16 nitrogen and oxygen atoms in total. The molecule has 5 amide bonds. The van der Waals surface area contributed by atoms with Crippen LogP contribution in [0.25, 0.3) is 11.1 Å². The number of alkyl halides is 6. The molecule has 3 fully saturated rings. The molecular weight excluding hydrogens is 1340 g/mol. The van der Waals surface area contributed by atoms with E-state index < -0.39 is 64.6 Å². The fourth-order valence-electron chi connectivity index (χ4n) is 13.3. The number of unbranched alkanes of at least 4 members (excludes halogenated alkanes) is 2. The van der Waals surface area contributed by atoms with Gasteiger partial charge in [-0.05, 0) is 147 Å². The summed E-state index contributed by atoms with van der Waals surface area (Å²) in [5, 5.41) is 9.22. The Balaban J connectivity index is 0.00000451. The van der Waals surface area contributed by atoms with Crippen LogP contribution in [0.4, 0.5) is 46.9 Å². The number of piperidine rings is 2. The van der Waals surface area contributed by atoms with Gasteiger partial charge in [-0.1, -0.05) is 91.3 Å². The summed E-state index contributed by atoms with van der Waals surface area (Å²) in [5.41, 5.74) is 1.02. The van der Waals surface area contributed by atoms with E-state index in [1.165, 1.54) is 29.2 Å². The number of likely N-dealkylation sites (tertiary alicyclic amines) is 2. The number of nitrogens with one attached hydrogen (secondary N) is 3. The molecule has 0 saturated carbocycles. The van der Waals surface area contributed by atoms with Gasteiger partial charge in [0.15, 0.2) is 0 Å². The second-order valence-electron chi connectivity index (χ2n) is 25.2. The molecule has 0 aromatic heterocycles. The Morgan fingerprint density at radius 3 is 1.98 bits per heavy atom. The molecular formula is C72H84Cl3F7N8O8. The van der Waals surface area contributed by atoms with Gasteiger partial charge in [0.1, 0.15) is 30.9 Å². The Hall–Kier alpha value is -7.51. The molecule has 3 aliphatic heterocycles. The molecule has 10 rings (SSSR count). The van der Waals surface area contributed by atoms with Crippen LogP contribution in [0, 0.1) is 5.82 Å². The molecule has 3 N–H and O–H groups in total. The minimum absolute atomic E-state index is 0. The lowest BCUT2D eigenvalue weighted by atomic mass is 9.72. The Morgan fingerprint density at radius 2 is 1.30 bits per heavy atom. The highest BCUT2D eigenvalue weighted by molar-refractivity contribution is 5.95. The Bertz CT molecular complexity index is 3590. The number of amides is 5. The minimum atomic E-state index is -5.15. The first-order valence-electron chi connectivity index (χ1n) is 32.4. The monoisotopic (exact) mass is 1430 g/mol. The third-order valence-electron chi connectivity index (χ3n) is 18.9. The van der Waals surface area contributed by atoms with Gasteiger partial charge in [0.2, 0.25) is 11.8 Å². The molecule has 98 heavy (non-hydrogen) atoms. The number of likely N-dealkylation sites (N-methyl/N-ethyl adjacent to an activating group) is 2. The smallest absolute Gasteiger partial charge is 0.416 e. The van der Waals surface area contributed by atoms with E-state index in [1.807, 2.05) is 85.9 Å². The number of nitrogens with zero attached hydrogens (tertiary/aromatic N) is 5. The average molecular weight is 1430 g/mol. The maximum Gasteiger partial charge on any atom is 0.416 e. The van der Waals surface area contributed by atoms with Gasteiger partial charge < -0.3 is 49.3 Å². The second-order valence-corrected chi connectivity index (χ2v) is 25.2. The SMILES string of the molecule is CN(CCN1CCC(OC(=O)Nc2ccccc2-c2ccccc2)CC1)C(=O)CCCCCNc1ccc(C(=O)NCCN(C)C(=O)CO[C@H]2Cc3ccccc3C23CCN(CC[C@@]2(c4ccc(F)cc4)CN(C(=O)c4cc(C(F)(F)F)cc(C(F)(F)F)c4)CO2)CC3)cc1.Cl.Cl.Cl. The molecule has 1 aliphatic carbocycles. The van der Waals surface area contributed by atoms with Crippen molar-refractivity contribution in [2.24, 2.45) is 0 Å². The van der Waals surface area contributed by atoms with E-state index in [0.717, 1.165) is 84.6 Å². The van der Waals surface area contributed by atoms with E-state index in [2.05, 4.69) is 37.9 Å². The standard InChI is InChI=1S/C72H81F7N8O8.3ClH/c1-83(40-34-81-66(90)51-20-26-58(27-21-51)80-33-12-4-7-19-64(88)84(2)41-42-85-35-28-59(29-36-85)95-68(92)82-62-18-11-9-16-60(62)50-13-5-3-6-14-50)65(89)47-93-63-45-52-15-8-10-17-61(52)69(63)30-37-86(38-31-69)39-32-70(54-22-24-57(73)25-23-54)48-87(49-94-70)67(91)53-43-55(71(74,75)76)46-56(44-53)72(77,78)79;;;/h3,5-6,8-11,13-18,20-27,43-44,46,59,63,80H,4,7,12,19,28-42,45,47-49H2,1-2H3,(H,81,90)(H,82,92);3*1H/t63-,70-;;;/m0.../s1. The normalized spacial score (nSPS) is 17.7. The zero-order valence-corrected chi connectivity index (χ0v) is 57.1. The van der Waals surface area contributed by atoms with Crippen LogP contribution in [0.3, 0.4) is 0 Å². The molecule has 1 spiro atoms. The summed E-state index contributed by atoms with van der Waals surface area (Å²) in [4.78, 5) is 75.2. The van der Waals surface area contributed by atoms with Gasteiger partial charge in [0.05, 0.1) is 29.5 Å². The first-order chi connectivity index (χ1) is 45.6. The largest absolute Gasteiger partial charge is 0.446 e. The Labute approximate surface area is 585 Å². The van der Waals surface area contributed by atoms with Gasteiger partial charge in [0.25, 0.3) is 11.8 Å². The van der Waals surface area contributed by atoms with Crippen molar-refractivity contribution < 1.29 is 68.9 Å². The molecule has 2 atom stereocenters. The van der Waals surface area contributed by atoms with Crippen molar-refractivity contribution in [1.29, 1.82) is 0 Å². The maximum atomic E-state index is 14.2. The van der Waals surface area contributed by atoms with Crippen molar-refractivity contribution in [3.63, 3.8) is 0 Å². The highest BCUT2D eigenvalue weighted by Crippen LogP contribution is 2.48. The van der Waals surface area contributed by atoms with E-state index in [1.54, 1.807) is 24.1 Å². The van der Waals surface area contributed by atoms with Crippen LogP contribution in [0.5, 0.6) is 0 Å². The molecule has 6 aromatic rings. The lowest BCUT2D eigenvalue weighted by Gasteiger charge is -2.44. The molecule has 530 valence electrons. The van der Waals surface area contributed by atoms with E-state index in [9.17, 15) is 54.7 Å². The summed E-state index contributed by atoms with van der Waals surface area (Å²) in [5.74, 6) is -2.03. The van der Waals surface area contributed by atoms with Crippen molar-refractivity contribution in [3.05, 3.63) is 190 Å². The quantitative estimate of drug-likeness (QED) is 0.0369. The highest BCUT2D eigenvalue weighted by Gasteiger charge is 2.50. The van der Waals surface area contributed by atoms with Crippen LogP contribution < -0.4 is 16.0 Å². The number of fused-ring (bicyclic) bond motifs is 2. The summed E-state index contributed by atoms with van der Waals surface area (Å²) >= 11 is 0. The highest BCUT2D eigenvalue weighted by atomic mass is 35.5. The number of hydrogen-bond donors (Lipinski definition) is 3. The number of para-hydroxylation sites is 1. The third kappa shape index (κ3) is 19.9.